The zero-order valence-electron chi connectivity index (χ0n) is 13.0. The summed E-state index contributed by atoms with van der Waals surface area (Å²) in [6.07, 6.45) is 4.74. The fourth-order valence-electron chi connectivity index (χ4n) is 2.00. The average Bonchev–Trinajstić information content (AvgIpc) is 2.48. The summed E-state index contributed by atoms with van der Waals surface area (Å²) in [5.74, 6) is 0. The summed E-state index contributed by atoms with van der Waals surface area (Å²) in [5.41, 5.74) is 0. The molecule has 0 saturated heterocycles. The molecule has 0 radical (unpaired) electrons. The Labute approximate surface area is 124 Å². The van der Waals surface area contributed by atoms with E-state index >= 15 is 0 Å². The smallest absolute Gasteiger partial charge is 0.174 e. The van der Waals surface area contributed by atoms with Crippen LogP contribution in [0.2, 0.25) is 0 Å². The number of unbranched alkanes of at least 4 members (excludes halogenated alkanes) is 3. The molecule has 0 saturated carbocycles. The zero-order valence-corrected chi connectivity index (χ0v) is 13.9. The van der Waals surface area contributed by atoms with E-state index in [9.17, 15) is 0 Å². The van der Waals surface area contributed by atoms with Gasteiger partial charge in [-0.15, -0.1) is 0 Å². The van der Waals surface area contributed by atoms with Crippen LogP contribution in [-0.4, -0.2) is 19.8 Å². The van der Waals surface area contributed by atoms with Crippen LogP contribution >= 0.6 is 7.94 Å². The molecule has 1 rings (SSSR count). The van der Waals surface area contributed by atoms with Gasteiger partial charge in [-0.25, -0.2) is 0 Å². The largest absolute Gasteiger partial charge is 0.448 e. The molecule has 0 N–H and O–H groups in total. The highest BCUT2D eigenvalue weighted by Crippen LogP contribution is 2.60. The first-order valence-corrected chi connectivity index (χ1v) is 9.21. The van der Waals surface area contributed by atoms with Gasteiger partial charge in [0.2, 0.25) is 0 Å². The molecular formula is C16H28O3P+. The predicted molar refractivity (Wildman–Crippen MR) is 86.3 cm³/mol. The molecule has 20 heavy (non-hydrogen) atoms. The minimum Gasteiger partial charge on any atom is -0.174 e. The number of hydrogen-bond donors (Lipinski definition) is 0. The molecule has 0 aromatic heterocycles. The van der Waals surface area contributed by atoms with Crippen molar-refractivity contribution in [1.82, 2.24) is 0 Å². The topological polar surface area (TPSA) is 27.7 Å². The first kappa shape index (κ1) is 17.6. The molecule has 0 unspecified atom stereocenters. The van der Waals surface area contributed by atoms with E-state index in [1.165, 1.54) is 19.3 Å². The Morgan fingerprint density at radius 3 is 2.00 bits per heavy atom. The molecule has 0 aliphatic heterocycles. The summed E-state index contributed by atoms with van der Waals surface area (Å²) in [4.78, 5) is 0. The fraction of sp³-hybridized carbons (Fsp3) is 0.625. The van der Waals surface area contributed by atoms with Gasteiger partial charge in [0.1, 0.15) is 0 Å². The summed E-state index contributed by atoms with van der Waals surface area (Å²) in [5, 5.41) is 1.03. The normalized spacial score (nSPS) is 11.8. The Morgan fingerprint density at radius 1 is 0.800 bits per heavy atom. The van der Waals surface area contributed by atoms with Gasteiger partial charge in [0.05, 0.1) is 19.8 Å². The lowest BCUT2D eigenvalue weighted by molar-refractivity contribution is 0.153. The van der Waals surface area contributed by atoms with Crippen LogP contribution in [0.4, 0.5) is 0 Å². The molecule has 0 amide bonds. The highest BCUT2D eigenvalue weighted by atomic mass is 31.2. The van der Waals surface area contributed by atoms with Gasteiger partial charge in [-0.2, -0.15) is 13.6 Å². The third kappa shape index (κ3) is 5.49. The number of hydrogen-bond acceptors (Lipinski definition) is 3. The van der Waals surface area contributed by atoms with Crippen molar-refractivity contribution >= 4 is 13.2 Å². The van der Waals surface area contributed by atoms with Crippen LogP contribution in [0.15, 0.2) is 30.3 Å². The van der Waals surface area contributed by atoms with Crippen LogP contribution in [0.3, 0.4) is 0 Å². The summed E-state index contributed by atoms with van der Waals surface area (Å²) >= 11 is 0. The van der Waals surface area contributed by atoms with E-state index in [2.05, 4.69) is 6.92 Å². The molecule has 0 heterocycles. The molecule has 0 fully saturated rings. The minimum atomic E-state index is -2.40. The van der Waals surface area contributed by atoms with Gasteiger partial charge < -0.3 is 0 Å². The molecule has 1 aromatic carbocycles. The van der Waals surface area contributed by atoms with Crippen LogP contribution in [-0.2, 0) is 13.6 Å². The lowest BCUT2D eigenvalue weighted by Crippen LogP contribution is -2.20. The monoisotopic (exact) mass is 299 g/mol. The third-order valence-corrected chi connectivity index (χ3v) is 5.58. The Kier molecular flexibility index (Phi) is 9.04. The van der Waals surface area contributed by atoms with E-state index in [1.54, 1.807) is 0 Å². The van der Waals surface area contributed by atoms with Crippen LogP contribution < -0.4 is 5.30 Å². The van der Waals surface area contributed by atoms with Crippen molar-refractivity contribution in [2.24, 2.45) is 0 Å². The minimum absolute atomic E-state index is 0.595. The van der Waals surface area contributed by atoms with Crippen molar-refractivity contribution in [3.8, 4) is 0 Å². The molecule has 4 heteroatoms. The lowest BCUT2D eigenvalue weighted by Gasteiger charge is -2.21. The van der Waals surface area contributed by atoms with Crippen molar-refractivity contribution in [2.75, 3.05) is 19.8 Å². The first-order valence-electron chi connectivity index (χ1n) is 7.67. The third-order valence-electron chi connectivity index (χ3n) is 2.93. The van der Waals surface area contributed by atoms with E-state index in [0.29, 0.717) is 19.8 Å². The Hall–Kier alpha value is -0.470. The van der Waals surface area contributed by atoms with Crippen LogP contribution in [0.25, 0.3) is 0 Å². The number of rotatable bonds is 11. The summed E-state index contributed by atoms with van der Waals surface area (Å²) in [7, 11) is -2.40. The van der Waals surface area contributed by atoms with Crippen LogP contribution in [0.1, 0.15) is 46.5 Å². The molecule has 0 aliphatic carbocycles. The lowest BCUT2D eigenvalue weighted by atomic mass is 10.2. The molecule has 1 aromatic rings. The van der Waals surface area contributed by atoms with Crippen molar-refractivity contribution in [2.45, 2.75) is 46.5 Å². The van der Waals surface area contributed by atoms with Crippen molar-refractivity contribution in [3.05, 3.63) is 30.3 Å². The SMILES string of the molecule is CCCCCCO[P+](OCC)(OCC)c1ccccc1. The Morgan fingerprint density at radius 2 is 1.45 bits per heavy atom. The molecule has 0 atom stereocenters. The van der Waals surface area contributed by atoms with Crippen LogP contribution in [0.5, 0.6) is 0 Å². The van der Waals surface area contributed by atoms with E-state index in [0.717, 1.165) is 11.7 Å². The summed E-state index contributed by atoms with van der Waals surface area (Å²) in [6.45, 7) is 8.06. The molecule has 0 aliphatic rings. The van der Waals surface area contributed by atoms with Crippen molar-refractivity contribution < 1.29 is 13.6 Å². The van der Waals surface area contributed by atoms with Gasteiger partial charge >= 0.3 is 7.94 Å². The molecule has 3 nitrogen and oxygen atoms in total. The maximum absolute atomic E-state index is 6.11. The number of benzene rings is 1. The summed E-state index contributed by atoms with van der Waals surface area (Å²) < 4.78 is 18.0. The second-order valence-corrected chi connectivity index (χ2v) is 6.85. The zero-order chi connectivity index (χ0) is 14.7. The van der Waals surface area contributed by atoms with E-state index < -0.39 is 7.94 Å². The van der Waals surface area contributed by atoms with E-state index in [-0.39, 0.29) is 0 Å². The molecular weight excluding hydrogens is 271 g/mol. The van der Waals surface area contributed by atoms with Gasteiger partial charge in [-0.05, 0) is 32.4 Å². The molecule has 0 spiro atoms. The molecule has 0 bridgehead atoms. The highest BCUT2D eigenvalue weighted by Gasteiger charge is 2.47. The van der Waals surface area contributed by atoms with Crippen LogP contribution in [0, 0.1) is 0 Å². The predicted octanol–water partition coefficient (Wildman–Crippen LogP) is 4.74. The maximum Gasteiger partial charge on any atom is 0.448 e. The quantitative estimate of drug-likeness (QED) is 0.436. The second-order valence-electron chi connectivity index (χ2n) is 4.56. The standard InChI is InChI=1S/C16H28O3P/c1-4-7-8-12-15-19-20(17-5-2,18-6-3)16-13-10-9-11-14-16/h9-11,13-14H,4-8,12,15H2,1-3H3/q+1. The molecule has 114 valence electrons. The Balaban J connectivity index is 2.72. The van der Waals surface area contributed by atoms with Gasteiger partial charge in [-0.1, -0.05) is 44.4 Å². The van der Waals surface area contributed by atoms with Gasteiger partial charge in [-0.3, -0.25) is 0 Å². The van der Waals surface area contributed by atoms with Gasteiger partial charge in [0.25, 0.3) is 0 Å². The maximum atomic E-state index is 6.11. The average molecular weight is 299 g/mol. The van der Waals surface area contributed by atoms with Gasteiger partial charge in [0.15, 0.2) is 5.30 Å². The van der Waals surface area contributed by atoms with E-state index in [4.69, 9.17) is 13.6 Å². The Bertz CT molecular complexity index is 337. The van der Waals surface area contributed by atoms with Crippen molar-refractivity contribution in [1.29, 1.82) is 0 Å². The van der Waals surface area contributed by atoms with Gasteiger partial charge in [0, 0.05) is 0 Å². The first-order chi connectivity index (χ1) is 9.79. The van der Waals surface area contributed by atoms with Crippen molar-refractivity contribution in [3.63, 3.8) is 0 Å². The highest BCUT2D eigenvalue weighted by molar-refractivity contribution is 7.69. The summed E-state index contributed by atoms with van der Waals surface area (Å²) in [6, 6.07) is 10.1. The second kappa shape index (κ2) is 10.3. The van der Waals surface area contributed by atoms with E-state index in [1.807, 2.05) is 44.2 Å². The fourth-order valence-corrected chi connectivity index (χ4v) is 4.26.